The fourth-order valence-corrected chi connectivity index (χ4v) is 3.45. The van der Waals surface area contributed by atoms with Gasteiger partial charge in [-0.15, -0.1) is 0 Å². The van der Waals surface area contributed by atoms with Crippen molar-refractivity contribution in [3.8, 4) is 0 Å². The number of benzene rings is 3. The van der Waals surface area contributed by atoms with Gasteiger partial charge < -0.3 is 25.2 Å². The Morgan fingerprint density at radius 2 is 1.62 bits per heavy atom. The van der Waals surface area contributed by atoms with Gasteiger partial charge in [-0.25, -0.2) is 9.59 Å². The molecule has 8 heteroatoms. The number of carbonyl (C=O) groups excluding carboxylic acids is 3. The Morgan fingerprint density at radius 3 is 2.35 bits per heavy atom. The van der Waals surface area contributed by atoms with Gasteiger partial charge in [0.2, 0.25) is 5.91 Å². The highest BCUT2D eigenvalue weighted by molar-refractivity contribution is 5.86. The summed E-state index contributed by atoms with van der Waals surface area (Å²) in [5.41, 5.74) is 1.69. The minimum Gasteiger partial charge on any atom is -0.467 e. The van der Waals surface area contributed by atoms with Crippen molar-refractivity contribution < 1.29 is 29.0 Å². The quantitative estimate of drug-likeness (QED) is 0.398. The molecule has 3 aromatic carbocycles. The maximum absolute atomic E-state index is 12.4. The first-order valence-electron chi connectivity index (χ1n) is 10.9. The van der Waals surface area contributed by atoms with Gasteiger partial charge in [0.1, 0.15) is 12.6 Å². The Bertz CT molecular complexity index is 1120. The fraction of sp³-hybridized carbons (Fsp3) is 0.269. The molecule has 0 unspecified atom stereocenters. The highest BCUT2D eigenvalue weighted by Crippen LogP contribution is 2.17. The minimum atomic E-state index is -1.15. The van der Waals surface area contributed by atoms with Crippen molar-refractivity contribution >= 4 is 28.7 Å². The number of fused-ring (bicyclic) bond motifs is 1. The smallest absolute Gasteiger partial charge is 0.407 e. The summed E-state index contributed by atoms with van der Waals surface area (Å²) in [7, 11) is 1.25. The highest BCUT2D eigenvalue weighted by Gasteiger charge is 2.23. The summed E-state index contributed by atoms with van der Waals surface area (Å²) in [4.78, 5) is 36.5. The number of nitrogens with one attached hydrogen (secondary N) is 2. The number of hydrogen-bond donors (Lipinski definition) is 3. The van der Waals surface area contributed by atoms with Crippen LogP contribution in [-0.2, 0) is 32.1 Å². The molecule has 0 aliphatic carbocycles. The van der Waals surface area contributed by atoms with Crippen LogP contribution in [0.4, 0.5) is 4.79 Å². The van der Waals surface area contributed by atoms with Crippen LogP contribution in [0, 0.1) is 0 Å². The van der Waals surface area contributed by atoms with Gasteiger partial charge in [0, 0.05) is 13.0 Å². The Balaban J connectivity index is 1.47. The SMILES string of the molecule is COC(=O)[C@H](Cc1ccc2ccccc2c1)NC(=O)C[C@H](O)CNC(=O)OCc1ccccc1. The molecule has 0 spiro atoms. The Kier molecular flexibility index (Phi) is 8.99. The van der Waals surface area contributed by atoms with E-state index in [1.807, 2.05) is 72.8 Å². The van der Waals surface area contributed by atoms with Crippen molar-refractivity contribution in [1.29, 1.82) is 0 Å². The van der Waals surface area contributed by atoms with E-state index in [1.165, 1.54) is 7.11 Å². The van der Waals surface area contributed by atoms with Crippen LogP contribution >= 0.6 is 0 Å². The normalized spacial score (nSPS) is 12.4. The summed E-state index contributed by atoms with van der Waals surface area (Å²) in [6, 6.07) is 21.9. The van der Waals surface area contributed by atoms with Crippen molar-refractivity contribution in [2.75, 3.05) is 13.7 Å². The summed E-state index contributed by atoms with van der Waals surface area (Å²) in [6.45, 7) is -0.0759. The van der Waals surface area contributed by atoms with Crippen LogP contribution in [0.2, 0.25) is 0 Å². The lowest BCUT2D eigenvalue weighted by molar-refractivity contribution is -0.145. The zero-order valence-electron chi connectivity index (χ0n) is 18.9. The lowest BCUT2D eigenvalue weighted by Gasteiger charge is -2.18. The van der Waals surface area contributed by atoms with Gasteiger partial charge in [0.15, 0.2) is 0 Å². The van der Waals surface area contributed by atoms with E-state index in [0.717, 1.165) is 21.9 Å². The molecule has 34 heavy (non-hydrogen) atoms. The van der Waals surface area contributed by atoms with E-state index in [1.54, 1.807) is 0 Å². The van der Waals surface area contributed by atoms with Crippen molar-refractivity contribution in [2.24, 2.45) is 0 Å². The number of methoxy groups -OCH3 is 1. The molecule has 2 atom stereocenters. The predicted octanol–water partition coefficient (Wildman–Crippen LogP) is 2.72. The van der Waals surface area contributed by atoms with Crippen LogP contribution in [0.25, 0.3) is 10.8 Å². The molecule has 3 N–H and O–H groups in total. The largest absolute Gasteiger partial charge is 0.467 e. The highest BCUT2D eigenvalue weighted by atomic mass is 16.5. The average molecular weight is 465 g/mol. The molecule has 0 heterocycles. The second-order valence-corrected chi connectivity index (χ2v) is 7.83. The number of carbonyl (C=O) groups is 3. The van der Waals surface area contributed by atoms with E-state index in [2.05, 4.69) is 10.6 Å². The van der Waals surface area contributed by atoms with E-state index in [0.29, 0.717) is 0 Å². The van der Waals surface area contributed by atoms with E-state index >= 15 is 0 Å². The van der Waals surface area contributed by atoms with Gasteiger partial charge in [0.05, 0.1) is 19.6 Å². The van der Waals surface area contributed by atoms with E-state index in [9.17, 15) is 19.5 Å². The molecular formula is C26H28N2O6. The molecule has 0 aliphatic rings. The lowest BCUT2D eigenvalue weighted by atomic mass is 10.0. The number of hydrogen-bond acceptors (Lipinski definition) is 6. The monoisotopic (exact) mass is 464 g/mol. The van der Waals surface area contributed by atoms with Crippen LogP contribution in [-0.4, -0.2) is 48.9 Å². The fourth-order valence-electron chi connectivity index (χ4n) is 3.45. The van der Waals surface area contributed by atoms with Crippen molar-refractivity contribution in [3.63, 3.8) is 0 Å². The molecule has 0 fully saturated rings. The maximum atomic E-state index is 12.4. The second-order valence-electron chi connectivity index (χ2n) is 7.83. The number of ether oxygens (including phenoxy) is 2. The second kappa shape index (κ2) is 12.4. The summed E-state index contributed by atoms with van der Waals surface area (Å²) in [5.74, 6) is -1.12. The topological polar surface area (TPSA) is 114 Å². The number of amides is 2. The Hall–Kier alpha value is -3.91. The molecule has 0 radical (unpaired) electrons. The summed E-state index contributed by atoms with van der Waals surface area (Å²) >= 11 is 0. The third kappa shape index (κ3) is 7.60. The van der Waals surface area contributed by atoms with Crippen molar-refractivity contribution in [2.45, 2.75) is 31.6 Å². The first-order valence-corrected chi connectivity index (χ1v) is 10.9. The van der Waals surface area contributed by atoms with E-state index in [4.69, 9.17) is 9.47 Å². The standard InChI is InChI=1S/C26H28N2O6/c1-33-25(31)23(14-19-11-12-20-9-5-6-10-21(20)13-19)28-24(30)15-22(29)16-27-26(32)34-17-18-7-3-2-4-8-18/h2-13,22-23,29H,14-17H2,1H3,(H,27,32)(H,28,30)/t22-,23-/m0/s1. The zero-order chi connectivity index (χ0) is 24.3. The zero-order valence-corrected chi connectivity index (χ0v) is 18.9. The van der Waals surface area contributed by atoms with Gasteiger partial charge >= 0.3 is 12.1 Å². The molecule has 2 amide bonds. The molecule has 178 valence electrons. The number of aliphatic hydroxyl groups excluding tert-OH is 1. The van der Waals surface area contributed by atoms with Crippen LogP contribution in [0.5, 0.6) is 0 Å². The lowest BCUT2D eigenvalue weighted by Crippen LogP contribution is -2.45. The van der Waals surface area contributed by atoms with Gasteiger partial charge in [-0.05, 0) is 21.9 Å². The Labute approximate surface area is 197 Å². The van der Waals surface area contributed by atoms with Gasteiger partial charge in [-0.3, -0.25) is 4.79 Å². The molecule has 3 rings (SSSR count). The summed E-state index contributed by atoms with van der Waals surface area (Å²) < 4.78 is 9.90. The third-order valence-corrected chi connectivity index (χ3v) is 5.19. The molecule has 0 bridgehead atoms. The first kappa shape index (κ1) is 24.7. The van der Waals surface area contributed by atoms with Gasteiger partial charge in [-0.2, -0.15) is 0 Å². The maximum Gasteiger partial charge on any atom is 0.407 e. The number of alkyl carbamates (subject to hydrolysis) is 1. The Morgan fingerprint density at radius 1 is 0.912 bits per heavy atom. The minimum absolute atomic E-state index is 0.0961. The summed E-state index contributed by atoms with van der Waals surface area (Å²) in [6.07, 6.45) is -1.91. The van der Waals surface area contributed by atoms with Crippen molar-refractivity contribution in [1.82, 2.24) is 10.6 Å². The van der Waals surface area contributed by atoms with E-state index < -0.39 is 30.1 Å². The first-order chi connectivity index (χ1) is 16.4. The van der Waals surface area contributed by atoms with Crippen LogP contribution in [0.3, 0.4) is 0 Å². The van der Waals surface area contributed by atoms with Gasteiger partial charge in [0.25, 0.3) is 0 Å². The van der Waals surface area contributed by atoms with Gasteiger partial charge in [-0.1, -0.05) is 72.8 Å². The molecule has 8 nitrogen and oxygen atoms in total. The van der Waals surface area contributed by atoms with E-state index in [-0.39, 0.29) is 26.0 Å². The molecular weight excluding hydrogens is 436 g/mol. The number of rotatable bonds is 10. The number of esters is 1. The molecule has 0 aromatic heterocycles. The van der Waals surface area contributed by atoms with Crippen molar-refractivity contribution in [3.05, 3.63) is 83.9 Å². The molecule has 0 saturated carbocycles. The third-order valence-electron chi connectivity index (χ3n) is 5.19. The van der Waals surface area contributed by atoms with Crippen LogP contribution in [0.1, 0.15) is 17.5 Å². The molecule has 0 saturated heterocycles. The molecule has 3 aromatic rings. The average Bonchev–Trinajstić information content (AvgIpc) is 2.85. The van der Waals surface area contributed by atoms with Crippen LogP contribution in [0.15, 0.2) is 72.8 Å². The number of aliphatic hydroxyl groups is 1. The predicted molar refractivity (Wildman–Crippen MR) is 127 cm³/mol. The summed E-state index contributed by atoms with van der Waals surface area (Å²) in [5, 5.41) is 17.3. The van der Waals surface area contributed by atoms with Crippen LogP contribution < -0.4 is 10.6 Å². The molecule has 0 aliphatic heterocycles.